The molecular formula is C38H55NO6. The van der Waals surface area contributed by atoms with E-state index in [1.165, 1.54) is 18.2 Å². The summed E-state index contributed by atoms with van der Waals surface area (Å²) < 4.78 is 5.92. The number of carboxylic acids is 1. The van der Waals surface area contributed by atoms with Crippen LogP contribution in [0.3, 0.4) is 0 Å². The zero-order valence-electron chi connectivity index (χ0n) is 27.8. The molecule has 0 radical (unpaired) electrons. The third-order valence-electron chi connectivity index (χ3n) is 7.04. The van der Waals surface area contributed by atoms with Crippen molar-refractivity contribution in [1.82, 2.24) is 0 Å². The minimum Gasteiger partial charge on any atom is -0.507 e. The SMILES string of the molecule is CC/C=C\C/C=C\C/C=C\C/C=C\C/C=C\CCCCO[C@H](CC)C(=O)CC(CC(C)C)C(=O)Nc1ccc(O)c(C(=O)O)c1. The molecule has 0 heterocycles. The zero-order valence-corrected chi connectivity index (χ0v) is 27.8. The summed E-state index contributed by atoms with van der Waals surface area (Å²) in [4.78, 5) is 37.5. The Bertz CT molecular complexity index is 1160. The molecule has 248 valence electrons. The number of carboxylic acid groups (broad SMARTS) is 1. The molecule has 45 heavy (non-hydrogen) atoms. The Morgan fingerprint density at radius 2 is 1.42 bits per heavy atom. The lowest BCUT2D eigenvalue weighted by molar-refractivity contribution is -0.134. The number of Topliss-reactive ketones (excluding diaryl/α,β-unsaturated/α-hetero) is 1. The molecule has 0 aliphatic heterocycles. The third-order valence-corrected chi connectivity index (χ3v) is 7.04. The average Bonchev–Trinajstić information content (AvgIpc) is 3.00. The highest BCUT2D eigenvalue weighted by molar-refractivity contribution is 5.98. The Morgan fingerprint density at radius 3 is 1.96 bits per heavy atom. The van der Waals surface area contributed by atoms with Gasteiger partial charge in [-0.15, -0.1) is 0 Å². The second-order valence-corrected chi connectivity index (χ2v) is 11.5. The van der Waals surface area contributed by atoms with Crippen molar-refractivity contribution >= 4 is 23.3 Å². The number of carbonyl (C=O) groups excluding carboxylic acids is 2. The average molecular weight is 622 g/mol. The van der Waals surface area contributed by atoms with E-state index in [4.69, 9.17) is 4.74 Å². The van der Waals surface area contributed by atoms with Crippen LogP contribution in [0.5, 0.6) is 5.75 Å². The predicted molar refractivity (Wildman–Crippen MR) is 185 cm³/mol. The molecule has 1 amide bonds. The lowest BCUT2D eigenvalue weighted by atomic mass is 9.90. The van der Waals surface area contributed by atoms with E-state index < -0.39 is 18.0 Å². The van der Waals surface area contributed by atoms with Crippen LogP contribution in [0.25, 0.3) is 0 Å². The van der Waals surface area contributed by atoms with Crippen LogP contribution in [0, 0.1) is 11.8 Å². The topological polar surface area (TPSA) is 113 Å². The van der Waals surface area contributed by atoms with Crippen LogP contribution in [-0.4, -0.2) is 40.6 Å². The number of aromatic carboxylic acids is 1. The van der Waals surface area contributed by atoms with Crippen LogP contribution in [0.15, 0.2) is 79.0 Å². The highest BCUT2D eigenvalue weighted by atomic mass is 16.5. The number of anilines is 1. The number of nitrogens with one attached hydrogen (secondary N) is 1. The van der Waals surface area contributed by atoms with Gasteiger partial charge in [0.05, 0.1) is 0 Å². The molecule has 3 N–H and O–H groups in total. The fourth-order valence-electron chi connectivity index (χ4n) is 4.65. The van der Waals surface area contributed by atoms with Crippen molar-refractivity contribution in [2.45, 2.75) is 104 Å². The molecule has 2 atom stereocenters. The van der Waals surface area contributed by atoms with Gasteiger partial charge in [-0.1, -0.05) is 88.5 Å². The van der Waals surface area contributed by atoms with Crippen LogP contribution in [0.2, 0.25) is 0 Å². The Labute approximate surface area is 270 Å². The van der Waals surface area contributed by atoms with Gasteiger partial charge in [0.25, 0.3) is 0 Å². The number of benzene rings is 1. The Morgan fingerprint density at radius 1 is 0.844 bits per heavy atom. The van der Waals surface area contributed by atoms with E-state index in [0.717, 1.165) is 51.4 Å². The Hall–Kier alpha value is -3.71. The molecule has 1 aromatic rings. The van der Waals surface area contributed by atoms with Crippen LogP contribution in [-0.2, 0) is 14.3 Å². The lowest BCUT2D eigenvalue weighted by Gasteiger charge is -2.21. The van der Waals surface area contributed by atoms with Gasteiger partial charge in [-0.3, -0.25) is 9.59 Å². The van der Waals surface area contributed by atoms with Crippen LogP contribution in [0.4, 0.5) is 5.69 Å². The van der Waals surface area contributed by atoms with Gasteiger partial charge in [-0.2, -0.15) is 0 Å². The summed E-state index contributed by atoms with van der Waals surface area (Å²) in [5, 5.41) is 21.7. The molecule has 1 aromatic carbocycles. The number of ketones is 1. The van der Waals surface area contributed by atoms with Crippen molar-refractivity contribution in [1.29, 1.82) is 0 Å². The van der Waals surface area contributed by atoms with Gasteiger partial charge in [0.15, 0.2) is 5.78 Å². The van der Waals surface area contributed by atoms with Gasteiger partial charge >= 0.3 is 5.97 Å². The van der Waals surface area contributed by atoms with Gasteiger partial charge in [-0.25, -0.2) is 4.79 Å². The maximum atomic E-state index is 13.1. The summed E-state index contributed by atoms with van der Waals surface area (Å²) in [5.74, 6) is -2.53. The van der Waals surface area contributed by atoms with E-state index in [2.05, 4.69) is 73.0 Å². The summed E-state index contributed by atoms with van der Waals surface area (Å²) in [7, 11) is 0. The highest BCUT2D eigenvalue weighted by Gasteiger charge is 2.27. The van der Waals surface area contributed by atoms with Crippen LogP contribution >= 0.6 is 0 Å². The molecule has 0 fully saturated rings. The van der Waals surface area contributed by atoms with E-state index in [9.17, 15) is 24.6 Å². The first kappa shape index (κ1) is 39.3. The fraction of sp³-hybridized carbons (Fsp3) is 0.500. The highest BCUT2D eigenvalue weighted by Crippen LogP contribution is 2.24. The standard InChI is InChI=1S/C38H55NO6/c1-5-7-8-9-10-11-12-13-14-15-16-17-18-19-20-21-22-23-26-45-36(6-2)35(41)28-31(27-30(3)4)37(42)39-32-24-25-34(40)33(29-32)38(43)44/h7-8,10-11,13-14,16-17,19-20,24-25,29-31,36,40H,5-6,9,12,15,18,21-23,26-28H2,1-4H3,(H,39,42)(H,43,44)/b8-7-,11-10-,14-13-,17-16-,20-19-/t31?,36-/m1/s1. The van der Waals surface area contributed by atoms with Gasteiger partial charge in [0, 0.05) is 24.6 Å². The van der Waals surface area contributed by atoms with Crippen molar-refractivity contribution in [2.24, 2.45) is 11.8 Å². The molecule has 1 unspecified atom stereocenters. The van der Waals surface area contributed by atoms with Crippen molar-refractivity contribution in [3.8, 4) is 5.75 Å². The lowest BCUT2D eigenvalue weighted by Crippen LogP contribution is -2.32. The molecule has 0 bridgehead atoms. The maximum absolute atomic E-state index is 13.1. The second kappa shape index (κ2) is 24.6. The Kier molecular flexibility index (Phi) is 21.5. The third kappa shape index (κ3) is 18.6. The molecule has 1 rings (SSSR count). The molecule has 0 aliphatic carbocycles. The number of aromatic hydroxyl groups is 1. The van der Waals surface area contributed by atoms with Gasteiger partial charge < -0.3 is 20.3 Å². The number of hydrogen-bond acceptors (Lipinski definition) is 5. The number of phenols is 1. The van der Waals surface area contributed by atoms with Crippen molar-refractivity contribution in [3.63, 3.8) is 0 Å². The molecule has 0 aliphatic rings. The number of rotatable bonds is 24. The number of amides is 1. The molecule has 0 aromatic heterocycles. The van der Waals surface area contributed by atoms with Crippen molar-refractivity contribution in [3.05, 3.63) is 84.5 Å². The van der Waals surface area contributed by atoms with E-state index in [1.807, 2.05) is 20.8 Å². The molecule has 0 saturated carbocycles. The number of ether oxygens (including phenoxy) is 1. The second-order valence-electron chi connectivity index (χ2n) is 11.5. The normalized spacial score (nSPS) is 13.6. The molecular weight excluding hydrogens is 566 g/mol. The first-order chi connectivity index (χ1) is 21.7. The van der Waals surface area contributed by atoms with Crippen molar-refractivity contribution < 1.29 is 29.3 Å². The zero-order chi connectivity index (χ0) is 33.3. The van der Waals surface area contributed by atoms with E-state index in [0.29, 0.717) is 19.4 Å². The summed E-state index contributed by atoms with van der Waals surface area (Å²) >= 11 is 0. The fourth-order valence-corrected chi connectivity index (χ4v) is 4.65. The predicted octanol–water partition coefficient (Wildman–Crippen LogP) is 9.37. The number of unbranched alkanes of at least 4 members (excludes halogenated alkanes) is 2. The molecule has 7 heteroatoms. The largest absolute Gasteiger partial charge is 0.507 e. The van der Waals surface area contributed by atoms with E-state index >= 15 is 0 Å². The van der Waals surface area contributed by atoms with Gasteiger partial charge in [0.1, 0.15) is 17.4 Å². The monoisotopic (exact) mass is 621 g/mol. The summed E-state index contributed by atoms with van der Waals surface area (Å²) in [5.41, 5.74) is -0.0442. The van der Waals surface area contributed by atoms with Gasteiger partial charge in [-0.05, 0) is 88.3 Å². The molecule has 0 saturated heterocycles. The number of allylic oxidation sites excluding steroid dienone is 10. The first-order valence-corrected chi connectivity index (χ1v) is 16.5. The minimum atomic E-state index is -1.29. The van der Waals surface area contributed by atoms with E-state index in [1.54, 1.807) is 0 Å². The number of hydrogen-bond donors (Lipinski definition) is 3. The smallest absolute Gasteiger partial charge is 0.339 e. The quantitative estimate of drug-likeness (QED) is 0.0602. The minimum absolute atomic E-state index is 0.0480. The van der Waals surface area contributed by atoms with E-state index in [-0.39, 0.29) is 41.0 Å². The van der Waals surface area contributed by atoms with Crippen LogP contribution < -0.4 is 5.32 Å². The summed E-state index contributed by atoms with van der Waals surface area (Å²) in [6.07, 6.45) is 30.1. The summed E-state index contributed by atoms with van der Waals surface area (Å²) in [6, 6.07) is 3.87. The first-order valence-electron chi connectivity index (χ1n) is 16.5. The summed E-state index contributed by atoms with van der Waals surface area (Å²) in [6.45, 7) is 8.50. The molecule has 0 spiro atoms. The Balaban J connectivity index is 2.37. The van der Waals surface area contributed by atoms with Crippen LogP contribution in [0.1, 0.15) is 109 Å². The van der Waals surface area contributed by atoms with Crippen molar-refractivity contribution in [2.75, 3.05) is 11.9 Å². The van der Waals surface area contributed by atoms with Gasteiger partial charge in [0.2, 0.25) is 5.91 Å². The maximum Gasteiger partial charge on any atom is 0.339 e. The molecule has 7 nitrogen and oxygen atoms in total. The number of carbonyl (C=O) groups is 3.